The van der Waals surface area contributed by atoms with Gasteiger partial charge in [-0.15, -0.1) is 35.3 Å². The van der Waals surface area contributed by atoms with Gasteiger partial charge < -0.3 is 21.1 Å². The first-order chi connectivity index (χ1) is 12.5. The molecule has 0 saturated heterocycles. The van der Waals surface area contributed by atoms with Gasteiger partial charge in [0, 0.05) is 36.9 Å². The van der Waals surface area contributed by atoms with Crippen LogP contribution in [0.2, 0.25) is 0 Å². The number of halogens is 1. The van der Waals surface area contributed by atoms with Crippen LogP contribution in [0.5, 0.6) is 0 Å². The molecule has 2 aromatic rings. The number of nitrogens with one attached hydrogen (secondary N) is 3. The summed E-state index contributed by atoms with van der Waals surface area (Å²) >= 11 is 1.50. The smallest absolute Gasteiger partial charge is 0.252 e. The summed E-state index contributed by atoms with van der Waals surface area (Å²) in [5, 5.41) is 21.6. The average molecular weight is 503 g/mol. The minimum Gasteiger partial charge on any atom is -0.383 e. The third-order valence-corrected chi connectivity index (χ3v) is 4.69. The van der Waals surface area contributed by atoms with Crippen LogP contribution in [0.4, 0.5) is 0 Å². The first-order valence-corrected chi connectivity index (χ1v) is 9.37. The molecule has 0 aliphatic carbocycles. The fraction of sp³-hybridized carbons (Fsp3) is 0.389. The molecule has 0 aliphatic heterocycles. The number of aromatic nitrogens is 1. The van der Waals surface area contributed by atoms with E-state index in [9.17, 15) is 9.90 Å². The van der Waals surface area contributed by atoms with E-state index in [1.807, 2.05) is 24.4 Å². The highest BCUT2D eigenvalue weighted by atomic mass is 127. The van der Waals surface area contributed by atoms with Gasteiger partial charge >= 0.3 is 0 Å². The number of carbonyl (C=O) groups excluding carboxylic acids is 1. The van der Waals surface area contributed by atoms with E-state index in [-0.39, 0.29) is 36.4 Å². The molecule has 27 heavy (non-hydrogen) atoms. The zero-order valence-corrected chi connectivity index (χ0v) is 18.6. The van der Waals surface area contributed by atoms with Crippen LogP contribution >= 0.6 is 35.3 Å². The van der Waals surface area contributed by atoms with Crippen LogP contribution in [0.25, 0.3) is 0 Å². The molecule has 0 aliphatic rings. The fourth-order valence-corrected chi connectivity index (χ4v) is 2.97. The van der Waals surface area contributed by atoms with E-state index in [2.05, 4.69) is 25.9 Å². The molecular weight excluding hydrogens is 477 g/mol. The molecule has 0 spiro atoms. The van der Waals surface area contributed by atoms with Gasteiger partial charge in [-0.25, -0.2) is 4.99 Å². The number of hydrogen-bond donors (Lipinski definition) is 4. The van der Waals surface area contributed by atoms with Crippen molar-refractivity contribution in [3.8, 4) is 0 Å². The van der Waals surface area contributed by atoms with E-state index in [1.165, 1.54) is 17.5 Å². The highest BCUT2D eigenvalue weighted by molar-refractivity contribution is 14.0. The predicted octanol–water partition coefficient (Wildman–Crippen LogP) is 1.95. The van der Waals surface area contributed by atoms with E-state index in [0.29, 0.717) is 31.2 Å². The highest BCUT2D eigenvalue weighted by Gasteiger charge is 2.23. The third-order valence-electron chi connectivity index (χ3n) is 3.57. The minimum absolute atomic E-state index is 0. The highest BCUT2D eigenvalue weighted by Crippen LogP contribution is 2.25. The molecule has 2 rings (SSSR count). The Kier molecular flexibility index (Phi) is 10.3. The number of rotatable bonds is 8. The number of aliphatic imine (C=N–C) groups is 1. The quantitative estimate of drug-likeness (QED) is 0.191. The normalized spacial score (nSPS) is 13.2. The topological polar surface area (TPSA) is 98.6 Å². The lowest BCUT2D eigenvalue weighted by Gasteiger charge is -2.20. The summed E-state index contributed by atoms with van der Waals surface area (Å²) in [5.41, 5.74) is -0.481. The van der Waals surface area contributed by atoms with Gasteiger partial charge in [0.15, 0.2) is 5.96 Å². The SMILES string of the molecule is CCNC(=NCC(C)(O)c1cccs1)NCCNC(=O)c1cccnc1.I. The predicted molar refractivity (Wildman–Crippen MR) is 120 cm³/mol. The van der Waals surface area contributed by atoms with Crippen molar-refractivity contribution in [1.82, 2.24) is 20.9 Å². The zero-order valence-electron chi connectivity index (χ0n) is 15.4. The number of carbonyl (C=O) groups is 1. The Hall–Kier alpha value is -1.72. The molecule has 1 unspecified atom stereocenters. The molecule has 0 bridgehead atoms. The molecule has 148 valence electrons. The van der Waals surface area contributed by atoms with Gasteiger partial charge in [0.05, 0.1) is 12.1 Å². The van der Waals surface area contributed by atoms with E-state index in [1.54, 1.807) is 25.3 Å². The lowest BCUT2D eigenvalue weighted by Crippen LogP contribution is -2.42. The van der Waals surface area contributed by atoms with Crippen LogP contribution in [0.1, 0.15) is 29.1 Å². The first-order valence-electron chi connectivity index (χ1n) is 8.49. The molecule has 1 atom stereocenters. The third kappa shape index (κ3) is 7.81. The maximum absolute atomic E-state index is 11.9. The van der Waals surface area contributed by atoms with Crippen molar-refractivity contribution >= 4 is 47.2 Å². The van der Waals surface area contributed by atoms with Crippen LogP contribution in [0, 0.1) is 0 Å². The summed E-state index contributed by atoms with van der Waals surface area (Å²) in [6, 6.07) is 7.25. The molecule has 0 fully saturated rings. The van der Waals surface area contributed by atoms with Crippen molar-refractivity contribution in [3.63, 3.8) is 0 Å². The average Bonchev–Trinajstić information content (AvgIpc) is 3.19. The molecule has 2 aromatic heterocycles. The lowest BCUT2D eigenvalue weighted by atomic mass is 10.1. The number of pyridine rings is 1. The Bertz CT molecular complexity index is 708. The number of amides is 1. The van der Waals surface area contributed by atoms with E-state index < -0.39 is 5.60 Å². The van der Waals surface area contributed by atoms with Crippen LogP contribution in [0.15, 0.2) is 47.0 Å². The van der Waals surface area contributed by atoms with Crippen molar-refractivity contribution in [3.05, 3.63) is 52.5 Å². The number of guanidine groups is 1. The van der Waals surface area contributed by atoms with Gasteiger partial charge in [0.2, 0.25) is 0 Å². The standard InChI is InChI=1S/C18H25N5O2S.HI/c1-3-20-17(23-13-18(2,25)15-7-5-11-26-15)22-10-9-21-16(24)14-6-4-8-19-12-14;/h4-8,11-12,25H,3,9-10,13H2,1-2H3,(H,21,24)(H2,20,22,23);1H. The monoisotopic (exact) mass is 503 g/mol. The lowest BCUT2D eigenvalue weighted by molar-refractivity contribution is 0.0711. The first kappa shape index (κ1) is 23.3. The Balaban J connectivity index is 0.00000364. The van der Waals surface area contributed by atoms with Crippen LogP contribution < -0.4 is 16.0 Å². The second-order valence-corrected chi connectivity index (χ2v) is 6.82. The summed E-state index contributed by atoms with van der Waals surface area (Å²) in [6.45, 7) is 5.62. The maximum atomic E-state index is 11.9. The molecule has 4 N–H and O–H groups in total. The Morgan fingerprint density at radius 2 is 2.04 bits per heavy atom. The van der Waals surface area contributed by atoms with Crippen LogP contribution in [0.3, 0.4) is 0 Å². The molecule has 7 nitrogen and oxygen atoms in total. The second-order valence-electron chi connectivity index (χ2n) is 5.87. The van der Waals surface area contributed by atoms with E-state index >= 15 is 0 Å². The Labute approximate surface area is 180 Å². The Morgan fingerprint density at radius 3 is 2.67 bits per heavy atom. The maximum Gasteiger partial charge on any atom is 0.252 e. The van der Waals surface area contributed by atoms with Crippen LogP contribution in [-0.2, 0) is 5.60 Å². The van der Waals surface area contributed by atoms with Gasteiger partial charge in [-0.2, -0.15) is 0 Å². The fourth-order valence-electron chi connectivity index (χ4n) is 2.19. The number of thiophene rings is 1. The molecule has 0 saturated carbocycles. The van der Waals surface area contributed by atoms with Gasteiger partial charge in [0.1, 0.15) is 5.60 Å². The summed E-state index contributed by atoms with van der Waals surface area (Å²) in [7, 11) is 0. The minimum atomic E-state index is -1.01. The van der Waals surface area contributed by atoms with Gasteiger partial charge in [0.25, 0.3) is 5.91 Å². The van der Waals surface area contributed by atoms with Crippen molar-refractivity contribution in [1.29, 1.82) is 0 Å². The molecule has 0 radical (unpaired) electrons. The van der Waals surface area contributed by atoms with Crippen molar-refractivity contribution in [2.24, 2.45) is 4.99 Å². The van der Waals surface area contributed by atoms with Gasteiger partial charge in [-0.05, 0) is 37.4 Å². The van der Waals surface area contributed by atoms with Crippen molar-refractivity contribution < 1.29 is 9.90 Å². The number of nitrogens with zero attached hydrogens (tertiary/aromatic N) is 2. The van der Waals surface area contributed by atoms with Crippen LogP contribution in [-0.4, -0.2) is 48.1 Å². The zero-order chi connectivity index (χ0) is 18.8. The largest absolute Gasteiger partial charge is 0.383 e. The number of hydrogen-bond acceptors (Lipinski definition) is 5. The van der Waals surface area contributed by atoms with Gasteiger partial charge in [-0.1, -0.05) is 6.07 Å². The molecule has 2 heterocycles. The molecule has 0 aromatic carbocycles. The van der Waals surface area contributed by atoms with E-state index in [0.717, 1.165) is 4.88 Å². The summed E-state index contributed by atoms with van der Waals surface area (Å²) in [5.74, 6) is 0.433. The molecular formula is C18H26IN5O2S. The molecule has 9 heteroatoms. The second kappa shape index (κ2) is 11.9. The summed E-state index contributed by atoms with van der Waals surface area (Å²) in [6.07, 6.45) is 3.16. The van der Waals surface area contributed by atoms with E-state index in [4.69, 9.17) is 0 Å². The summed E-state index contributed by atoms with van der Waals surface area (Å²) in [4.78, 5) is 21.2. The summed E-state index contributed by atoms with van der Waals surface area (Å²) < 4.78 is 0. The number of aliphatic hydroxyl groups is 1. The van der Waals surface area contributed by atoms with Crippen molar-refractivity contribution in [2.45, 2.75) is 19.4 Å². The Morgan fingerprint density at radius 1 is 1.26 bits per heavy atom. The van der Waals surface area contributed by atoms with Crippen molar-refractivity contribution in [2.75, 3.05) is 26.2 Å². The van der Waals surface area contributed by atoms with Gasteiger partial charge in [-0.3, -0.25) is 9.78 Å². The molecule has 1 amide bonds.